The number of carbonyl (C=O) groups excluding carboxylic acids is 1. The van der Waals surface area contributed by atoms with E-state index >= 15 is 0 Å². The summed E-state index contributed by atoms with van der Waals surface area (Å²) in [5.74, 6) is 1.05. The topological polar surface area (TPSA) is 38.3 Å². The van der Waals surface area contributed by atoms with Crippen molar-refractivity contribution in [1.29, 1.82) is 0 Å². The van der Waals surface area contributed by atoms with Crippen molar-refractivity contribution in [3.8, 4) is 0 Å². The minimum absolute atomic E-state index is 0.167. The fourth-order valence-electron chi connectivity index (χ4n) is 1.64. The van der Waals surface area contributed by atoms with Crippen LogP contribution in [0.4, 0.5) is 0 Å². The summed E-state index contributed by atoms with van der Waals surface area (Å²) < 4.78 is 5.24. The maximum absolute atomic E-state index is 11.5. The molecule has 0 aromatic heterocycles. The molecule has 1 aliphatic carbocycles. The molecule has 3 nitrogen and oxygen atoms in total. The molecule has 74 valence electrons. The normalized spacial score (nSPS) is 43.2. The SMILES string of the molecule is CC1CC1C(=O)NC1COCC1Br. The van der Waals surface area contributed by atoms with Crippen molar-refractivity contribution >= 4 is 21.8 Å². The van der Waals surface area contributed by atoms with Crippen molar-refractivity contribution in [2.75, 3.05) is 13.2 Å². The van der Waals surface area contributed by atoms with Gasteiger partial charge in [0.15, 0.2) is 0 Å². The van der Waals surface area contributed by atoms with Crippen LogP contribution >= 0.6 is 15.9 Å². The number of hydrogen-bond donors (Lipinski definition) is 1. The molecular formula is C9H14BrNO2. The van der Waals surface area contributed by atoms with Crippen LogP contribution in [0.3, 0.4) is 0 Å². The fourth-order valence-corrected chi connectivity index (χ4v) is 2.11. The first-order valence-electron chi connectivity index (χ1n) is 4.70. The van der Waals surface area contributed by atoms with Gasteiger partial charge in [-0.25, -0.2) is 0 Å². The van der Waals surface area contributed by atoms with Crippen molar-refractivity contribution in [3.63, 3.8) is 0 Å². The summed E-state index contributed by atoms with van der Waals surface area (Å²) in [4.78, 5) is 11.8. The van der Waals surface area contributed by atoms with Crippen LogP contribution in [-0.4, -0.2) is 30.0 Å². The van der Waals surface area contributed by atoms with Gasteiger partial charge in [-0.15, -0.1) is 0 Å². The summed E-state index contributed by atoms with van der Waals surface area (Å²) in [6.45, 7) is 3.45. The average Bonchev–Trinajstić information content (AvgIpc) is 2.68. The number of amides is 1. The van der Waals surface area contributed by atoms with Gasteiger partial charge in [-0.05, 0) is 12.3 Å². The molecule has 2 rings (SSSR count). The first-order chi connectivity index (χ1) is 6.18. The Balaban J connectivity index is 1.80. The van der Waals surface area contributed by atoms with Gasteiger partial charge < -0.3 is 10.1 Å². The third-order valence-electron chi connectivity index (χ3n) is 2.78. The van der Waals surface area contributed by atoms with Crippen LogP contribution in [0.15, 0.2) is 0 Å². The molecule has 13 heavy (non-hydrogen) atoms. The lowest BCUT2D eigenvalue weighted by Gasteiger charge is -2.13. The molecule has 4 unspecified atom stereocenters. The highest BCUT2D eigenvalue weighted by molar-refractivity contribution is 9.09. The molecule has 2 fully saturated rings. The molecule has 0 aromatic carbocycles. The molecule has 1 saturated carbocycles. The molecule has 1 heterocycles. The van der Waals surface area contributed by atoms with Crippen LogP contribution in [0.1, 0.15) is 13.3 Å². The molecule has 0 spiro atoms. The zero-order chi connectivity index (χ0) is 9.42. The van der Waals surface area contributed by atoms with Gasteiger partial charge in [0.05, 0.1) is 24.1 Å². The lowest BCUT2D eigenvalue weighted by molar-refractivity contribution is -0.123. The van der Waals surface area contributed by atoms with Crippen LogP contribution < -0.4 is 5.32 Å². The van der Waals surface area contributed by atoms with Crippen molar-refractivity contribution in [2.24, 2.45) is 11.8 Å². The van der Waals surface area contributed by atoms with E-state index in [2.05, 4.69) is 28.2 Å². The Morgan fingerprint density at radius 2 is 2.23 bits per heavy atom. The predicted molar refractivity (Wildman–Crippen MR) is 52.7 cm³/mol. The molecule has 1 N–H and O–H groups in total. The number of alkyl halides is 1. The van der Waals surface area contributed by atoms with E-state index in [9.17, 15) is 4.79 Å². The van der Waals surface area contributed by atoms with Crippen LogP contribution in [0.5, 0.6) is 0 Å². The first-order valence-corrected chi connectivity index (χ1v) is 5.62. The third kappa shape index (κ3) is 2.05. The highest BCUT2D eigenvalue weighted by atomic mass is 79.9. The number of ether oxygens (including phenoxy) is 1. The Labute approximate surface area is 86.3 Å². The maximum atomic E-state index is 11.5. The van der Waals surface area contributed by atoms with E-state index in [0.29, 0.717) is 19.1 Å². The monoisotopic (exact) mass is 247 g/mol. The quantitative estimate of drug-likeness (QED) is 0.738. The van der Waals surface area contributed by atoms with Crippen LogP contribution in [0.2, 0.25) is 0 Å². The van der Waals surface area contributed by atoms with E-state index in [0.717, 1.165) is 6.42 Å². The molecule has 2 aliphatic rings. The number of halogens is 1. The first kappa shape index (κ1) is 9.46. The van der Waals surface area contributed by atoms with Gasteiger partial charge in [-0.3, -0.25) is 4.79 Å². The summed E-state index contributed by atoms with van der Waals surface area (Å²) in [5.41, 5.74) is 0. The van der Waals surface area contributed by atoms with Gasteiger partial charge in [0.2, 0.25) is 5.91 Å². The van der Waals surface area contributed by atoms with E-state index in [-0.39, 0.29) is 22.7 Å². The van der Waals surface area contributed by atoms with Crippen molar-refractivity contribution in [3.05, 3.63) is 0 Å². The van der Waals surface area contributed by atoms with E-state index in [4.69, 9.17) is 4.74 Å². The molecule has 1 aliphatic heterocycles. The Bertz CT molecular complexity index is 222. The third-order valence-corrected chi connectivity index (χ3v) is 3.69. The summed E-state index contributed by atoms with van der Waals surface area (Å²) in [7, 11) is 0. The highest BCUT2D eigenvalue weighted by Gasteiger charge is 2.40. The zero-order valence-corrected chi connectivity index (χ0v) is 9.21. The Morgan fingerprint density at radius 3 is 2.69 bits per heavy atom. The molecule has 1 amide bonds. The second-order valence-corrected chi connectivity index (χ2v) is 5.16. The molecule has 1 saturated heterocycles. The lowest BCUT2D eigenvalue weighted by atomic mass is 10.2. The smallest absolute Gasteiger partial charge is 0.223 e. The second kappa shape index (κ2) is 3.58. The van der Waals surface area contributed by atoms with Crippen molar-refractivity contribution < 1.29 is 9.53 Å². The Morgan fingerprint density at radius 1 is 1.54 bits per heavy atom. The number of hydrogen-bond acceptors (Lipinski definition) is 2. The summed E-state index contributed by atoms with van der Waals surface area (Å²) in [5, 5.41) is 3.01. The standard InChI is InChI=1S/C9H14BrNO2/c1-5-2-6(5)9(12)11-8-4-13-3-7(8)10/h5-8H,2-4H2,1H3,(H,11,12). The molecule has 0 radical (unpaired) electrons. The average molecular weight is 248 g/mol. The molecule has 0 aromatic rings. The molecular weight excluding hydrogens is 234 g/mol. The van der Waals surface area contributed by atoms with Gasteiger partial charge in [-0.1, -0.05) is 22.9 Å². The lowest BCUT2D eigenvalue weighted by Crippen LogP contribution is -2.41. The van der Waals surface area contributed by atoms with E-state index in [1.54, 1.807) is 0 Å². The van der Waals surface area contributed by atoms with Crippen LogP contribution in [0.25, 0.3) is 0 Å². The minimum atomic E-state index is 0.167. The Hall–Kier alpha value is -0.0900. The van der Waals surface area contributed by atoms with Gasteiger partial charge in [0.25, 0.3) is 0 Å². The molecule has 0 bridgehead atoms. The maximum Gasteiger partial charge on any atom is 0.223 e. The highest BCUT2D eigenvalue weighted by Crippen LogP contribution is 2.37. The van der Waals surface area contributed by atoms with Crippen LogP contribution in [-0.2, 0) is 9.53 Å². The Kier molecular flexibility index (Phi) is 2.60. The number of nitrogens with one attached hydrogen (secondary N) is 1. The van der Waals surface area contributed by atoms with Gasteiger partial charge in [-0.2, -0.15) is 0 Å². The van der Waals surface area contributed by atoms with Crippen molar-refractivity contribution in [2.45, 2.75) is 24.2 Å². The summed E-state index contributed by atoms with van der Waals surface area (Å²) >= 11 is 3.48. The largest absolute Gasteiger partial charge is 0.378 e. The zero-order valence-electron chi connectivity index (χ0n) is 7.63. The van der Waals surface area contributed by atoms with E-state index < -0.39 is 0 Å². The number of rotatable bonds is 2. The summed E-state index contributed by atoms with van der Waals surface area (Å²) in [6.07, 6.45) is 1.05. The van der Waals surface area contributed by atoms with Gasteiger partial charge in [0, 0.05) is 5.92 Å². The van der Waals surface area contributed by atoms with E-state index in [1.165, 1.54) is 0 Å². The van der Waals surface area contributed by atoms with Gasteiger partial charge >= 0.3 is 0 Å². The van der Waals surface area contributed by atoms with E-state index in [1.807, 2.05) is 0 Å². The number of carbonyl (C=O) groups is 1. The molecule has 4 atom stereocenters. The van der Waals surface area contributed by atoms with Gasteiger partial charge in [0.1, 0.15) is 0 Å². The molecule has 4 heteroatoms. The van der Waals surface area contributed by atoms with Crippen molar-refractivity contribution in [1.82, 2.24) is 5.32 Å². The predicted octanol–water partition coefficient (Wildman–Crippen LogP) is 0.921. The van der Waals surface area contributed by atoms with Crippen LogP contribution in [0, 0.1) is 11.8 Å². The minimum Gasteiger partial charge on any atom is -0.378 e. The second-order valence-electron chi connectivity index (χ2n) is 3.99. The fraction of sp³-hybridized carbons (Fsp3) is 0.889. The summed E-state index contributed by atoms with van der Waals surface area (Å²) in [6, 6.07) is 0.167.